The summed E-state index contributed by atoms with van der Waals surface area (Å²) in [7, 11) is 2.52. The van der Waals surface area contributed by atoms with Crippen LogP contribution in [0.2, 0.25) is 0 Å². The molecule has 0 saturated carbocycles. The van der Waals surface area contributed by atoms with E-state index in [1.165, 1.54) is 14.2 Å². The molecule has 0 unspecified atom stereocenters. The quantitative estimate of drug-likeness (QED) is 0.109. The van der Waals surface area contributed by atoms with Crippen LogP contribution in [0.15, 0.2) is 40.4 Å². The molecule has 0 heterocycles. The van der Waals surface area contributed by atoms with E-state index in [4.69, 9.17) is 23.7 Å². The topological polar surface area (TPSA) is 151 Å². The molecule has 1 rings (SSSR count). The minimum Gasteiger partial charge on any atom is -0.492 e. The molecule has 0 fully saturated rings. The maximum absolute atomic E-state index is 12.5. The molecule has 228 valence electrons. The zero-order valence-electron chi connectivity index (χ0n) is 25.6. The fourth-order valence-corrected chi connectivity index (χ4v) is 3.36. The first-order valence-corrected chi connectivity index (χ1v) is 13.1. The summed E-state index contributed by atoms with van der Waals surface area (Å²) in [5.74, 6) is -1.07. The van der Waals surface area contributed by atoms with Gasteiger partial charge in [0.15, 0.2) is 0 Å². The lowest BCUT2D eigenvalue weighted by atomic mass is 9.93. The summed E-state index contributed by atoms with van der Waals surface area (Å²) >= 11 is 0. The number of alkyl carbamates (subject to hydrolysis) is 2. The molecule has 0 atom stereocenters. The van der Waals surface area contributed by atoms with E-state index in [9.17, 15) is 19.2 Å². The van der Waals surface area contributed by atoms with E-state index in [0.29, 0.717) is 5.75 Å². The minimum absolute atomic E-state index is 0.0782. The Balaban J connectivity index is 2.94. The summed E-state index contributed by atoms with van der Waals surface area (Å²) in [5, 5.41) is 4.81. The fourth-order valence-electron chi connectivity index (χ4n) is 3.36. The second kappa shape index (κ2) is 15.6. The molecule has 12 heteroatoms. The van der Waals surface area contributed by atoms with Gasteiger partial charge in [0.2, 0.25) is 5.96 Å². The second-order valence-corrected chi connectivity index (χ2v) is 11.2. The Kier molecular flexibility index (Phi) is 13.3. The molecule has 1 aromatic carbocycles. The highest BCUT2D eigenvalue weighted by Gasteiger charge is 2.25. The van der Waals surface area contributed by atoms with Gasteiger partial charge in [0.05, 0.1) is 31.9 Å². The van der Waals surface area contributed by atoms with Crippen LogP contribution in [0.25, 0.3) is 0 Å². The molecule has 0 bridgehead atoms. The molecule has 0 radical (unpaired) electrons. The molecule has 0 aliphatic carbocycles. The standard InChI is InChI=1S/C29H43N3O9/c1-18(2)22(24(34)38-10)21(23(33)37-9)17-19-11-13-20(14-12-19)39-16-15-30-25(31-26(35)40-28(3,4)5)32-27(36)41-29(6,7)8/h11-14,18H,15-17H2,1-10H3,(H2,30,31,32,35,36). The number of carbonyl (C=O) groups is 4. The van der Waals surface area contributed by atoms with Crippen molar-refractivity contribution in [2.24, 2.45) is 10.9 Å². The lowest BCUT2D eigenvalue weighted by Crippen LogP contribution is -2.47. The number of hydrogen-bond acceptors (Lipinski definition) is 10. The minimum atomic E-state index is -0.794. The van der Waals surface area contributed by atoms with Gasteiger partial charge in [-0.1, -0.05) is 26.0 Å². The van der Waals surface area contributed by atoms with Gasteiger partial charge in [0.25, 0.3) is 0 Å². The summed E-state index contributed by atoms with van der Waals surface area (Å²) in [4.78, 5) is 53.4. The molecule has 0 aliphatic heterocycles. The first kappa shape index (κ1) is 34.9. The lowest BCUT2D eigenvalue weighted by molar-refractivity contribution is -0.139. The number of hydrogen-bond donors (Lipinski definition) is 2. The van der Waals surface area contributed by atoms with Crippen LogP contribution >= 0.6 is 0 Å². The summed E-state index contributed by atoms with van der Waals surface area (Å²) in [6.07, 6.45) is -1.43. The average molecular weight is 578 g/mol. The summed E-state index contributed by atoms with van der Waals surface area (Å²) < 4.78 is 25.9. The number of ether oxygens (including phenoxy) is 5. The van der Waals surface area contributed by atoms with Crippen molar-refractivity contribution in [3.05, 3.63) is 41.0 Å². The van der Waals surface area contributed by atoms with Gasteiger partial charge in [-0.25, -0.2) is 24.2 Å². The Bertz CT molecular complexity index is 1090. The van der Waals surface area contributed by atoms with Crippen LogP contribution in [0, 0.1) is 5.92 Å². The number of esters is 2. The van der Waals surface area contributed by atoms with Crippen LogP contribution in [-0.4, -0.2) is 68.7 Å². The Morgan fingerprint density at radius 2 is 1.29 bits per heavy atom. The second-order valence-electron chi connectivity index (χ2n) is 11.2. The van der Waals surface area contributed by atoms with Gasteiger partial charge in [-0.15, -0.1) is 0 Å². The molecule has 0 aromatic heterocycles. The van der Waals surface area contributed by atoms with E-state index in [0.717, 1.165) is 5.56 Å². The van der Waals surface area contributed by atoms with E-state index in [1.807, 2.05) is 0 Å². The van der Waals surface area contributed by atoms with Gasteiger partial charge in [-0.3, -0.25) is 10.6 Å². The van der Waals surface area contributed by atoms with Gasteiger partial charge < -0.3 is 23.7 Å². The van der Waals surface area contributed by atoms with Crippen LogP contribution in [0.5, 0.6) is 5.75 Å². The number of amides is 2. The van der Waals surface area contributed by atoms with E-state index in [2.05, 4.69) is 15.6 Å². The molecular weight excluding hydrogens is 534 g/mol. The van der Waals surface area contributed by atoms with Gasteiger partial charge in [-0.05, 0) is 65.2 Å². The molecule has 2 amide bonds. The number of carbonyl (C=O) groups excluding carboxylic acids is 4. The molecular formula is C29H43N3O9. The van der Waals surface area contributed by atoms with Crippen molar-refractivity contribution in [3.8, 4) is 5.75 Å². The Morgan fingerprint density at radius 1 is 0.805 bits per heavy atom. The smallest absolute Gasteiger partial charge is 0.414 e. The molecule has 1 aromatic rings. The van der Waals surface area contributed by atoms with Crippen LogP contribution in [0.4, 0.5) is 9.59 Å². The average Bonchev–Trinajstić information content (AvgIpc) is 2.83. The Labute approximate surface area is 241 Å². The SMILES string of the molecule is COC(=O)C(Cc1ccc(OCCN=C(NC(=O)OC(C)(C)C)NC(=O)OC(C)(C)C)cc1)=C(C(=O)OC)C(C)C. The predicted octanol–water partition coefficient (Wildman–Crippen LogP) is 4.31. The van der Waals surface area contributed by atoms with Crippen molar-refractivity contribution in [3.63, 3.8) is 0 Å². The number of benzene rings is 1. The number of rotatable bonds is 9. The van der Waals surface area contributed by atoms with Gasteiger partial charge in [0, 0.05) is 6.42 Å². The molecule has 2 N–H and O–H groups in total. The molecule has 0 spiro atoms. The maximum atomic E-state index is 12.5. The van der Waals surface area contributed by atoms with Crippen LogP contribution in [-0.2, 0) is 35.0 Å². The highest BCUT2D eigenvalue weighted by atomic mass is 16.6. The molecule has 12 nitrogen and oxygen atoms in total. The lowest BCUT2D eigenvalue weighted by Gasteiger charge is -2.22. The third-order valence-corrected chi connectivity index (χ3v) is 4.91. The predicted molar refractivity (Wildman–Crippen MR) is 153 cm³/mol. The first-order valence-electron chi connectivity index (χ1n) is 13.1. The molecule has 41 heavy (non-hydrogen) atoms. The monoisotopic (exact) mass is 577 g/mol. The van der Waals surface area contributed by atoms with Crippen LogP contribution < -0.4 is 15.4 Å². The zero-order valence-corrected chi connectivity index (χ0v) is 25.6. The maximum Gasteiger partial charge on any atom is 0.414 e. The number of aliphatic imine (C=N–C) groups is 1. The highest BCUT2D eigenvalue weighted by Crippen LogP contribution is 2.23. The summed E-state index contributed by atoms with van der Waals surface area (Å²) in [5.41, 5.74) is -0.268. The number of methoxy groups -OCH3 is 2. The van der Waals surface area contributed by atoms with Crippen molar-refractivity contribution in [1.82, 2.24) is 10.6 Å². The fraction of sp³-hybridized carbons (Fsp3) is 0.552. The van der Waals surface area contributed by atoms with Gasteiger partial charge >= 0.3 is 24.1 Å². The van der Waals surface area contributed by atoms with E-state index >= 15 is 0 Å². The molecule has 0 saturated heterocycles. The van der Waals surface area contributed by atoms with Crippen LogP contribution in [0.1, 0.15) is 61.0 Å². The van der Waals surface area contributed by atoms with Gasteiger partial charge in [0.1, 0.15) is 23.6 Å². The zero-order chi connectivity index (χ0) is 31.4. The van der Waals surface area contributed by atoms with Crippen molar-refractivity contribution >= 4 is 30.1 Å². The van der Waals surface area contributed by atoms with Crippen molar-refractivity contribution in [2.45, 2.75) is 73.0 Å². The number of nitrogens with one attached hydrogen (secondary N) is 2. The number of nitrogens with zero attached hydrogens (tertiary/aromatic N) is 1. The third-order valence-electron chi connectivity index (χ3n) is 4.91. The Morgan fingerprint density at radius 3 is 1.71 bits per heavy atom. The summed E-state index contributed by atoms with van der Waals surface area (Å²) in [6.45, 7) is 14.0. The van der Waals surface area contributed by atoms with Gasteiger partial charge in [-0.2, -0.15) is 0 Å². The molecule has 0 aliphatic rings. The Hall–Kier alpha value is -4.09. The third kappa shape index (κ3) is 13.7. The van der Waals surface area contributed by atoms with Crippen LogP contribution in [0.3, 0.4) is 0 Å². The van der Waals surface area contributed by atoms with Crippen molar-refractivity contribution in [1.29, 1.82) is 0 Å². The summed E-state index contributed by atoms with van der Waals surface area (Å²) in [6, 6.07) is 6.94. The largest absolute Gasteiger partial charge is 0.492 e. The first-order chi connectivity index (χ1) is 19.0. The van der Waals surface area contributed by atoms with Crippen molar-refractivity contribution in [2.75, 3.05) is 27.4 Å². The van der Waals surface area contributed by atoms with E-state index in [1.54, 1.807) is 79.7 Å². The van der Waals surface area contributed by atoms with Crippen molar-refractivity contribution < 1.29 is 42.9 Å². The normalized spacial score (nSPS) is 12.0. The highest BCUT2D eigenvalue weighted by molar-refractivity contribution is 6.01. The van der Waals surface area contributed by atoms with E-state index < -0.39 is 35.3 Å². The number of guanidine groups is 1. The van der Waals surface area contributed by atoms with E-state index in [-0.39, 0.29) is 42.6 Å².